The number of benzene rings is 1. The maximum absolute atomic E-state index is 13.1. The summed E-state index contributed by atoms with van der Waals surface area (Å²) in [6, 6.07) is 5.40. The van der Waals surface area contributed by atoms with E-state index >= 15 is 0 Å². The van der Waals surface area contributed by atoms with Gasteiger partial charge in [-0.2, -0.15) is 5.26 Å². The van der Waals surface area contributed by atoms with Crippen LogP contribution in [0, 0.1) is 17.1 Å². The first-order valence-corrected chi connectivity index (χ1v) is 3.63. The molecule has 11 heavy (non-hydrogen) atoms. The number of hydrogen-bond acceptors (Lipinski definition) is 1. The van der Waals surface area contributed by atoms with Crippen molar-refractivity contribution in [2.45, 2.75) is 5.28 Å². The van der Waals surface area contributed by atoms with Crippen molar-refractivity contribution in [3.8, 4) is 6.07 Å². The third-order valence-corrected chi connectivity index (χ3v) is 1.63. The number of halogens is 2. The van der Waals surface area contributed by atoms with Crippen molar-refractivity contribution in [1.82, 2.24) is 0 Å². The normalized spacial score (nSPS) is 13.2. The number of nitriles is 1. The zero-order valence-electron chi connectivity index (χ0n) is 7.44. The molecule has 3 heteroatoms. The van der Waals surface area contributed by atoms with Crippen molar-refractivity contribution < 1.29 is 7.13 Å². The lowest BCUT2D eigenvalue weighted by atomic mass is 10.1. The highest BCUT2D eigenvalue weighted by atomic mass is 79.9. The van der Waals surface area contributed by atoms with Gasteiger partial charge >= 0.3 is 0 Å². The molecule has 0 radical (unpaired) electrons. The average Bonchev–Trinajstić information content (AvgIpc) is 2.01. The molecule has 1 aromatic rings. The minimum atomic E-state index is -1.90. The Morgan fingerprint density at radius 1 is 1.73 bits per heavy atom. The van der Waals surface area contributed by atoms with Gasteiger partial charge < -0.3 is 0 Å². The molecule has 1 aromatic carbocycles. The minimum Gasteiger partial charge on any atom is -0.207 e. The maximum atomic E-state index is 13.1. The van der Waals surface area contributed by atoms with Crippen LogP contribution >= 0.6 is 15.9 Å². The highest BCUT2D eigenvalue weighted by molar-refractivity contribution is 9.08. The molecule has 1 nitrogen and oxygen atoms in total. The van der Waals surface area contributed by atoms with E-state index in [-0.39, 0.29) is 11.1 Å². The zero-order chi connectivity index (χ0) is 10.1. The molecular formula is C8H5BrFN. The molecule has 0 N–H and O–H groups in total. The number of nitrogens with zero attached hydrogens (tertiary/aromatic N) is 1. The number of rotatable bonds is 1. The van der Waals surface area contributed by atoms with Crippen LogP contribution in [0.1, 0.15) is 13.9 Å². The van der Waals surface area contributed by atoms with Gasteiger partial charge in [-0.1, -0.05) is 22.0 Å². The molecule has 0 aliphatic rings. The second kappa shape index (κ2) is 3.49. The van der Waals surface area contributed by atoms with Gasteiger partial charge in [0.1, 0.15) is 5.82 Å². The summed E-state index contributed by atoms with van der Waals surface area (Å²) in [7, 11) is 0. The first-order chi connectivity index (χ1) is 5.95. The molecule has 0 heterocycles. The fourth-order valence-corrected chi connectivity index (χ4v) is 0.983. The smallest absolute Gasteiger partial charge is 0.128 e. The lowest BCUT2D eigenvalue weighted by Crippen LogP contribution is -1.86. The molecule has 0 bridgehead atoms. The van der Waals surface area contributed by atoms with Gasteiger partial charge in [-0.05, 0) is 17.7 Å². The Hall–Kier alpha value is -0.880. The van der Waals surface area contributed by atoms with E-state index in [9.17, 15) is 4.39 Å². The van der Waals surface area contributed by atoms with Crippen LogP contribution in [0.2, 0.25) is 0 Å². The summed E-state index contributed by atoms with van der Waals surface area (Å²) in [6.45, 7) is 0. The maximum Gasteiger partial charge on any atom is 0.128 e. The predicted molar refractivity (Wildman–Crippen MR) is 43.7 cm³/mol. The summed E-state index contributed by atoms with van der Waals surface area (Å²) in [6.07, 6.45) is 0. The molecule has 0 aromatic heterocycles. The van der Waals surface area contributed by atoms with Crippen molar-refractivity contribution in [3.05, 3.63) is 35.1 Å². The Kier molecular flexibility index (Phi) is 1.82. The van der Waals surface area contributed by atoms with Crippen LogP contribution in [0.3, 0.4) is 0 Å². The van der Waals surface area contributed by atoms with E-state index in [0.717, 1.165) is 6.07 Å². The van der Waals surface area contributed by atoms with Gasteiger partial charge in [0.05, 0.1) is 11.6 Å². The van der Waals surface area contributed by atoms with Gasteiger partial charge in [0.25, 0.3) is 0 Å². The summed E-state index contributed by atoms with van der Waals surface area (Å²) in [5.74, 6) is -0.721. The molecule has 1 rings (SSSR count). The Morgan fingerprint density at radius 3 is 2.91 bits per heavy atom. The van der Waals surface area contributed by atoms with E-state index < -0.39 is 11.1 Å². The van der Waals surface area contributed by atoms with Gasteiger partial charge in [-0.25, -0.2) is 4.39 Å². The van der Waals surface area contributed by atoms with Crippen LogP contribution in [0.4, 0.5) is 4.39 Å². The molecule has 0 amide bonds. The van der Waals surface area contributed by atoms with Crippen LogP contribution < -0.4 is 0 Å². The van der Waals surface area contributed by atoms with Crippen molar-refractivity contribution in [3.63, 3.8) is 0 Å². The zero-order valence-corrected chi connectivity index (χ0v) is 7.02. The van der Waals surface area contributed by atoms with Crippen LogP contribution in [-0.4, -0.2) is 0 Å². The average molecular weight is 216 g/mol. The molecule has 0 atom stereocenters. The number of alkyl halides is 1. The Morgan fingerprint density at radius 2 is 2.45 bits per heavy atom. The molecule has 0 saturated carbocycles. The Labute approximate surface area is 75.4 Å². The van der Waals surface area contributed by atoms with Gasteiger partial charge in [0, 0.05) is 8.02 Å². The van der Waals surface area contributed by atoms with E-state index in [1.54, 1.807) is 6.07 Å². The van der Waals surface area contributed by atoms with Crippen molar-refractivity contribution in [1.29, 1.82) is 5.26 Å². The fourth-order valence-electron chi connectivity index (χ4n) is 0.661. The van der Waals surface area contributed by atoms with E-state index in [4.69, 9.17) is 8.00 Å². The summed E-state index contributed by atoms with van der Waals surface area (Å²) in [5, 5.41) is 6.54. The van der Waals surface area contributed by atoms with Crippen molar-refractivity contribution in [2.24, 2.45) is 0 Å². The van der Waals surface area contributed by atoms with Crippen LogP contribution in [0.5, 0.6) is 0 Å². The molecule has 0 aliphatic carbocycles. The highest BCUT2D eigenvalue weighted by Gasteiger charge is 2.00. The number of hydrogen-bond donors (Lipinski definition) is 0. The molecule has 0 saturated heterocycles. The third kappa shape index (κ3) is 1.78. The summed E-state index contributed by atoms with van der Waals surface area (Å²) in [4.78, 5) is 0. The monoisotopic (exact) mass is 215 g/mol. The SMILES string of the molecule is [2H]C([2H])(Br)c1ccc(C#N)cc1F. The predicted octanol–water partition coefficient (Wildman–Crippen LogP) is 2.59. The minimum absolute atomic E-state index is 0.105. The quantitative estimate of drug-likeness (QED) is 0.662. The van der Waals surface area contributed by atoms with Crippen LogP contribution in [0.25, 0.3) is 0 Å². The van der Waals surface area contributed by atoms with Crippen LogP contribution in [-0.2, 0) is 5.28 Å². The van der Waals surface area contributed by atoms with Crippen molar-refractivity contribution in [2.75, 3.05) is 0 Å². The fraction of sp³-hybridized carbons (Fsp3) is 0.125. The molecule has 0 fully saturated rings. The lowest BCUT2D eigenvalue weighted by Gasteiger charge is -1.96. The van der Waals surface area contributed by atoms with E-state index in [1.807, 2.05) is 0 Å². The third-order valence-electron chi connectivity index (χ3n) is 1.20. The lowest BCUT2D eigenvalue weighted by molar-refractivity contribution is 0.617. The standard InChI is InChI=1S/C8H5BrFN/c9-4-7-2-1-6(5-11)3-8(7)10/h1-3H,4H2/i4D2. The van der Waals surface area contributed by atoms with Gasteiger partial charge in [-0.15, -0.1) is 0 Å². The Balaban J connectivity index is 3.23. The second-order valence-corrected chi connectivity index (χ2v) is 2.30. The van der Waals surface area contributed by atoms with Crippen LogP contribution in [0.15, 0.2) is 18.2 Å². The van der Waals surface area contributed by atoms with E-state index in [1.165, 1.54) is 12.1 Å². The van der Waals surface area contributed by atoms with E-state index in [0.29, 0.717) is 0 Å². The molecule has 56 valence electrons. The molecule has 0 unspecified atom stereocenters. The first kappa shape index (κ1) is 5.73. The second-order valence-electron chi connectivity index (χ2n) is 1.90. The van der Waals surface area contributed by atoms with E-state index in [2.05, 4.69) is 15.9 Å². The highest BCUT2D eigenvalue weighted by Crippen LogP contribution is 2.12. The Bertz CT molecular complexity index is 367. The van der Waals surface area contributed by atoms with Gasteiger partial charge in [-0.3, -0.25) is 0 Å². The summed E-state index contributed by atoms with van der Waals surface area (Å²) in [5.41, 5.74) is 0.0736. The molecule has 0 aliphatic heterocycles. The van der Waals surface area contributed by atoms with Crippen molar-refractivity contribution >= 4 is 15.9 Å². The summed E-state index contributed by atoms with van der Waals surface area (Å²) < 4.78 is 27.5. The van der Waals surface area contributed by atoms with Gasteiger partial charge in [0.2, 0.25) is 0 Å². The molecular weight excluding hydrogens is 209 g/mol. The first-order valence-electron chi connectivity index (χ1n) is 3.84. The summed E-state index contributed by atoms with van der Waals surface area (Å²) >= 11 is 2.69. The topological polar surface area (TPSA) is 23.8 Å². The largest absolute Gasteiger partial charge is 0.207 e. The molecule has 0 spiro atoms. The van der Waals surface area contributed by atoms with Gasteiger partial charge in [0.15, 0.2) is 0 Å².